The smallest absolute Gasteiger partial charge is 0.0555 e. The van der Waals surface area contributed by atoms with Gasteiger partial charge in [0.15, 0.2) is 0 Å². The van der Waals surface area contributed by atoms with E-state index in [0.717, 1.165) is 6.42 Å². The van der Waals surface area contributed by atoms with E-state index in [-0.39, 0.29) is 0 Å². The van der Waals surface area contributed by atoms with Crippen LogP contribution >= 0.6 is 0 Å². The Kier molecular flexibility index (Phi) is 3.29. The lowest BCUT2D eigenvalue weighted by molar-refractivity contribution is 0.731. The van der Waals surface area contributed by atoms with Gasteiger partial charge in [-0.25, -0.2) is 0 Å². The van der Waals surface area contributed by atoms with E-state index < -0.39 is 0 Å². The van der Waals surface area contributed by atoms with E-state index in [0.29, 0.717) is 12.0 Å². The van der Waals surface area contributed by atoms with Crippen molar-refractivity contribution < 1.29 is 0 Å². The lowest BCUT2D eigenvalue weighted by Gasteiger charge is -2.14. The molecule has 1 heteroatoms. The topological polar surface area (TPSA) is 12.0 Å². The van der Waals surface area contributed by atoms with Gasteiger partial charge in [-0.15, -0.1) is 0 Å². The molecule has 2 aromatic rings. The molecule has 0 fully saturated rings. The minimum atomic E-state index is 0.434. The van der Waals surface area contributed by atoms with Crippen LogP contribution in [0.25, 0.3) is 0 Å². The van der Waals surface area contributed by atoms with Crippen molar-refractivity contribution >= 4 is 5.69 Å². The molecule has 1 nitrogen and oxygen atoms in total. The maximum absolute atomic E-state index is 3.61. The summed E-state index contributed by atoms with van der Waals surface area (Å²) in [6, 6.07) is 18.2. The summed E-state index contributed by atoms with van der Waals surface area (Å²) in [5.41, 5.74) is 5.56. The van der Waals surface area contributed by atoms with E-state index in [1.165, 1.54) is 28.8 Å². The Labute approximate surface area is 115 Å². The zero-order valence-corrected chi connectivity index (χ0v) is 11.7. The third kappa shape index (κ3) is 2.37. The van der Waals surface area contributed by atoms with Gasteiger partial charge in [-0.3, -0.25) is 0 Å². The van der Waals surface area contributed by atoms with Crippen LogP contribution in [0.15, 0.2) is 48.5 Å². The van der Waals surface area contributed by atoms with Gasteiger partial charge < -0.3 is 5.32 Å². The summed E-state index contributed by atoms with van der Waals surface area (Å²) in [7, 11) is 0. The average molecular weight is 251 g/mol. The average Bonchev–Trinajstić information content (AvgIpc) is 2.90. The lowest BCUT2D eigenvalue weighted by atomic mass is 9.95. The first kappa shape index (κ1) is 12.3. The molecule has 1 aliphatic heterocycles. The molecule has 0 aliphatic carbocycles. The molecule has 0 amide bonds. The largest absolute Gasteiger partial charge is 0.378 e. The summed E-state index contributed by atoms with van der Waals surface area (Å²) < 4.78 is 0. The van der Waals surface area contributed by atoms with Crippen LogP contribution in [0.2, 0.25) is 0 Å². The summed E-state index contributed by atoms with van der Waals surface area (Å²) in [4.78, 5) is 0. The van der Waals surface area contributed by atoms with E-state index in [1.54, 1.807) is 0 Å². The molecular formula is C18H21N. The number of rotatable bonds is 3. The summed E-state index contributed by atoms with van der Waals surface area (Å²) >= 11 is 0. The van der Waals surface area contributed by atoms with Gasteiger partial charge in [-0.05, 0) is 41.5 Å². The second-order valence-corrected chi connectivity index (χ2v) is 5.53. The maximum Gasteiger partial charge on any atom is 0.0555 e. The molecule has 0 saturated heterocycles. The van der Waals surface area contributed by atoms with Crippen molar-refractivity contribution in [3.8, 4) is 0 Å². The van der Waals surface area contributed by atoms with E-state index in [9.17, 15) is 0 Å². The van der Waals surface area contributed by atoms with Gasteiger partial charge in [0.1, 0.15) is 0 Å². The van der Waals surface area contributed by atoms with Gasteiger partial charge in [0.05, 0.1) is 6.04 Å². The first-order valence-electron chi connectivity index (χ1n) is 7.22. The van der Waals surface area contributed by atoms with Crippen LogP contribution in [0.5, 0.6) is 0 Å². The molecule has 2 unspecified atom stereocenters. The van der Waals surface area contributed by atoms with Crippen molar-refractivity contribution in [2.75, 3.05) is 5.32 Å². The number of fused-ring (bicyclic) bond motifs is 1. The maximum atomic E-state index is 3.61. The number of nitrogens with one attached hydrogen (secondary N) is 1. The van der Waals surface area contributed by atoms with Gasteiger partial charge >= 0.3 is 0 Å². The Morgan fingerprint density at radius 2 is 1.84 bits per heavy atom. The minimum absolute atomic E-state index is 0.434. The molecular weight excluding hydrogens is 230 g/mol. The molecule has 98 valence electrons. The lowest BCUT2D eigenvalue weighted by Crippen LogP contribution is -2.05. The fourth-order valence-corrected chi connectivity index (χ4v) is 2.79. The highest BCUT2D eigenvalue weighted by Crippen LogP contribution is 2.34. The quantitative estimate of drug-likeness (QED) is 0.817. The first-order valence-corrected chi connectivity index (χ1v) is 7.22. The van der Waals surface area contributed by atoms with E-state index in [2.05, 4.69) is 67.7 Å². The van der Waals surface area contributed by atoms with E-state index >= 15 is 0 Å². The van der Waals surface area contributed by atoms with Gasteiger partial charge in [0.2, 0.25) is 0 Å². The first-order chi connectivity index (χ1) is 9.28. The van der Waals surface area contributed by atoms with Gasteiger partial charge in [0.25, 0.3) is 0 Å². The molecule has 3 rings (SSSR count). The van der Waals surface area contributed by atoms with Crippen LogP contribution in [0.3, 0.4) is 0 Å². The highest BCUT2D eigenvalue weighted by molar-refractivity contribution is 5.58. The third-order valence-corrected chi connectivity index (χ3v) is 4.29. The highest BCUT2D eigenvalue weighted by atomic mass is 14.9. The molecule has 19 heavy (non-hydrogen) atoms. The van der Waals surface area contributed by atoms with Gasteiger partial charge in [-0.1, -0.05) is 56.3 Å². The third-order valence-electron chi connectivity index (χ3n) is 4.29. The standard InChI is InChI=1S/C18H21N/c1-3-13(2)14-8-10-15(11-9-14)18-12-16-6-4-5-7-17(16)19-18/h4-11,13,18-19H,3,12H2,1-2H3. The summed E-state index contributed by atoms with van der Waals surface area (Å²) in [5.74, 6) is 0.655. The molecule has 2 atom stereocenters. The normalized spacial score (nSPS) is 18.7. The molecule has 1 aliphatic rings. The molecule has 1 heterocycles. The number of anilines is 1. The monoisotopic (exact) mass is 251 g/mol. The van der Waals surface area contributed by atoms with Crippen LogP contribution in [-0.4, -0.2) is 0 Å². The van der Waals surface area contributed by atoms with Crippen LogP contribution in [0.1, 0.15) is 48.9 Å². The van der Waals surface area contributed by atoms with Crippen LogP contribution in [0.4, 0.5) is 5.69 Å². The fraction of sp³-hybridized carbons (Fsp3) is 0.333. The Morgan fingerprint density at radius 3 is 2.53 bits per heavy atom. The highest BCUT2D eigenvalue weighted by Gasteiger charge is 2.21. The van der Waals surface area contributed by atoms with Crippen molar-refractivity contribution in [3.05, 3.63) is 65.2 Å². The van der Waals surface area contributed by atoms with Gasteiger partial charge in [0, 0.05) is 5.69 Å². The van der Waals surface area contributed by atoms with E-state index in [4.69, 9.17) is 0 Å². The predicted octanol–water partition coefficient (Wildman–Crippen LogP) is 4.91. The number of hydrogen-bond donors (Lipinski definition) is 1. The Bertz CT molecular complexity index is 531. The van der Waals surface area contributed by atoms with Crippen LogP contribution < -0.4 is 5.32 Å². The molecule has 1 N–H and O–H groups in total. The molecule has 0 radical (unpaired) electrons. The molecule has 0 saturated carbocycles. The molecule has 0 aromatic heterocycles. The van der Waals surface area contributed by atoms with Crippen molar-refractivity contribution in [1.29, 1.82) is 0 Å². The van der Waals surface area contributed by atoms with Crippen molar-refractivity contribution in [3.63, 3.8) is 0 Å². The van der Waals surface area contributed by atoms with Gasteiger partial charge in [-0.2, -0.15) is 0 Å². The van der Waals surface area contributed by atoms with Crippen molar-refractivity contribution in [2.24, 2.45) is 0 Å². The van der Waals surface area contributed by atoms with Crippen LogP contribution in [-0.2, 0) is 6.42 Å². The predicted molar refractivity (Wildman–Crippen MR) is 81.7 cm³/mol. The summed E-state index contributed by atoms with van der Waals surface area (Å²) in [5, 5.41) is 3.61. The fourth-order valence-electron chi connectivity index (χ4n) is 2.79. The zero-order chi connectivity index (χ0) is 13.2. The second kappa shape index (κ2) is 5.08. The van der Waals surface area contributed by atoms with E-state index in [1.807, 2.05) is 0 Å². The Balaban J connectivity index is 1.78. The number of hydrogen-bond acceptors (Lipinski definition) is 1. The molecule has 0 spiro atoms. The molecule has 2 aromatic carbocycles. The minimum Gasteiger partial charge on any atom is -0.378 e. The number of para-hydroxylation sites is 1. The second-order valence-electron chi connectivity index (χ2n) is 5.53. The molecule has 0 bridgehead atoms. The summed E-state index contributed by atoms with van der Waals surface area (Å²) in [6.07, 6.45) is 2.30. The van der Waals surface area contributed by atoms with Crippen molar-refractivity contribution in [2.45, 2.75) is 38.6 Å². The van der Waals surface area contributed by atoms with Crippen LogP contribution in [0, 0.1) is 0 Å². The van der Waals surface area contributed by atoms with Crippen molar-refractivity contribution in [1.82, 2.24) is 0 Å². The number of benzene rings is 2. The Morgan fingerprint density at radius 1 is 1.11 bits per heavy atom. The Hall–Kier alpha value is -1.76. The zero-order valence-electron chi connectivity index (χ0n) is 11.7. The SMILES string of the molecule is CCC(C)c1ccc(C2Cc3ccccc3N2)cc1. The summed E-state index contributed by atoms with van der Waals surface area (Å²) in [6.45, 7) is 4.53.